The molecule has 1 aromatic carbocycles. The molecule has 0 amide bonds. The summed E-state index contributed by atoms with van der Waals surface area (Å²) in [5, 5.41) is 4.06. The van der Waals surface area contributed by atoms with Crippen LogP contribution in [-0.4, -0.2) is 23.0 Å². The fourth-order valence-corrected chi connectivity index (χ4v) is 3.06. The molecule has 1 fully saturated rings. The van der Waals surface area contributed by atoms with Gasteiger partial charge in [0.05, 0.1) is 19.1 Å². The van der Waals surface area contributed by atoms with Gasteiger partial charge in [0.25, 0.3) is 0 Å². The van der Waals surface area contributed by atoms with Gasteiger partial charge < -0.3 is 15.0 Å². The third-order valence-electron chi connectivity index (χ3n) is 4.44. The number of hydrogen-bond acceptors (Lipinski definition) is 6. The summed E-state index contributed by atoms with van der Waals surface area (Å²) in [6.45, 7) is 1.54. The monoisotopic (exact) mass is 351 g/mol. The van der Waals surface area contributed by atoms with Crippen LogP contribution < -0.4 is 10.5 Å². The molecule has 0 atom stereocenters. The van der Waals surface area contributed by atoms with Crippen LogP contribution in [0.4, 0.5) is 0 Å². The van der Waals surface area contributed by atoms with Gasteiger partial charge >= 0.3 is 0 Å². The minimum absolute atomic E-state index is 0. The number of benzene rings is 1. The molecule has 6 nitrogen and oxygen atoms in total. The van der Waals surface area contributed by atoms with Crippen molar-refractivity contribution in [1.82, 2.24) is 10.1 Å². The summed E-state index contributed by atoms with van der Waals surface area (Å²) >= 11 is 0. The first-order chi connectivity index (χ1) is 11.0. The van der Waals surface area contributed by atoms with E-state index in [1.54, 1.807) is 25.3 Å². The molecule has 2 aromatic rings. The Morgan fingerprint density at radius 3 is 2.71 bits per heavy atom. The molecular weight excluding hydrogens is 330 g/mol. The Morgan fingerprint density at radius 2 is 2.08 bits per heavy atom. The van der Waals surface area contributed by atoms with Crippen molar-refractivity contribution >= 4 is 18.2 Å². The minimum atomic E-state index is -0.465. The average Bonchev–Trinajstić information content (AvgIpc) is 3.17. The summed E-state index contributed by atoms with van der Waals surface area (Å²) in [6.07, 6.45) is 4.36. The fourth-order valence-electron chi connectivity index (χ4n) is 3.06. The summed E-state index contributed by atoms with van der Waals surface area (Å²) in [6, 6.07) is 5.33. The highest BCUT2D eigenvalue weighted by molar-refractivity contribution is 5.94. The molecule has 0 radical (unpaired) electrons. The van der Waals surface area contributed by atoms with Gasteiger partial charge in [0, 0.05) is 11.1 Å². The van der Waals surface area contributed by atoms with Crippen LogP contribution in [0.5, 0.6) is 5.75 Å². The van der Waals surface area contributed by atoms with E-state index in [2.05, 4.69) is 10.1 Å². The molecule has 0 aliphatic heterocycles. The van der Waals surface area contributed by atoms with Crippen molar-refractivity contribution in [1.29, 1.82) is 0 Å². The highest BCUT2D eigenvalue weighted by Crippen LogP contribution is 2.34. The Morgan fingerprint density at radius 1 is 1.38 bits per heavy atom. The lowest BCUT2D eigenvalue weighted by atomic mass is 9.98. The van der Waals surface area contributed by atoms with Crippen LogP contribution in [0.2, 0.25) is 0 Å². The van der Waals surface area contributed by atoms with Gasteiger partial charge in [-0.05, 0) is 38.0 Å². The van der Waals surface area contributed by atoms with Gasteiger partial charge in [-0.1, -0.05) is 18.0 Å². The van der Waals surface area contributed by atoms with Crippen molar-refractivity contribution in [3.05, 3.63) is 41.0 Å². The number of carbonyl (C=O) groups is 1. The summed E-state index contributed by atoms with van der Waals surface area (Å²) in [7, 11) is 1.60. The van der Waals surface area contributed by atoms with Crippen LogP contribution in [0.15, 0.2) is 22.7 Å². The topological polar surface area (TPSA) is 91.2 Å². The molecule has 24 heavy (non-hydrogen) atoms. The van der Waals surface area contributed by atoms with Crippen molar-refractivity contribution in [2.24, 2.45) is 5.73 Å². The number of Topliss-reactive ketones (excluding diaryl/α,β-unsaturated/α-hetero) is 1. The fraction of sp³-hybridized carbons (Fsp3) is 0.471. The highest BCUT2D eigenvalue weighted by Gasteiger charge is 2.36. The Hall–Kier alpha value is -1.92. The molecule has 1 aliphatic carbocycles. The lowest BCUT2D eigenvalue weighted by molar-refractivity contribution is 0.101. The van der Waals surface area contributed by atoms with Gasteiger partial charge in [0.1, 0.15) is 5.75 Å². The standard InChI is InChI=1S/C17H21N3O3.ClH/c1-11(21)12-5-6-14(22-2)13(9-12)10-15-19-16(20-23-15)17(18)7-3-4-8-17;/h5-6,9H,3-4,7-8,10,18H2,1-2H3;1H. The number of halogens is 1. The predicted molar refractivity (Wildman–Crippen MR) is 91.7 cm³/mol. The SMILES string of the molecule is COc1ccc(C(C)=O)cc1Cc1nc(C2(N)CCCC2)no1.Cl. The Balaban J connectivity index is 0.00000208. The van der Waals surface area contributed by atoms with Crippen LogP contribution in [0.25, 0.3) is 0 Å². The van der Waals surface area contributed by atoms with E-state index in [9.17, 15) is 4.79 Å². The number of nitrogens with zero attached hydrogens (tertiary/aromatic N) is 2. The van der Waals surface area contributed by atoms with Crippen molar-refractivity contribution in [2.75, 3.05) is 7.11 Å². The molecule has 3 rings (SSSR count). The van der Waals surface area contributed by atoms with Crippen LogP contribution in [-0.2, 0) is 12.0 Å². The summed E-state index contributed by atoms with van der Waals surface area (Å²) in [5.74, 6) is 1.76. The predicted octanol–water partition coefficient (Wildman–Crippen LogP) is 3.02. The zero-order chi connectivity index (χ0) is 16.4. The van der Waals surface area contributed by atoms with E-state index < -0.39 is 5.54 Å². The van der Waals surface area contributed by atoms with Gasteiger partial charge in [-0.25, -0.2) is 0 Å². The zero-order valence-corrected chi connectivity index (χ0v) is 14.7. The van der Waals surface area contributed by atoms with Crippen LogP contribution in [0.3, 0.4) is 0 Å². The number of ether oxygens (including phenoxy) is 1. The van der Waals surface area contributed by atoms with E-state index in [1.807, 2.05) is 0 Å². The minimum Gasteiger partial charge on any atom is -0.496 e. The number of carbonyl (C=O) groups excluding carboxylic acids is 1. The van der Waals surface area contributed by atoms with E-state index >= 15 is 0 Å². The third kappa shape index (κ3) is 3.60. The third-order valence-corrected chi connectivity index (χ3v) is 4.44. The maximum absolute atomic E-state index is 11.6. The quantitative estimate of drug-likeness (QED) is 0.832. The van der Waals surface area contributed by atoms with E-state index in [4.69, 9.17) is 15.0 Å². The molecule has 0 saturated heterocycles. The second kappa shape index (κ2) is 7.32. The van der Waals surface area contributed by atoms with Crippen LogP contribution >= 0.6 is 12.4 Å². The van der Waals surface area contributed by atoms with Gasteiger partial charge in [0.2, 0.25) is 5.89 Å². The molecule has 1 aromatic heterocycles. The van der Waals surface area contributed by atoms with Crippen molar-refractivity contribution in [3.8, 4) is 5.75 Å². The number of hydrogen-bond donors (Lipinski definition) is 1. The molecular formula is C17H22ClN3O3. The first-order valence-electron chi connectivity index (χ1n) is 7.81. The number of methoxy groups -OCH3 is 1. The van der Waals surface area contributed by atoms with Crippen molar-refractivity contribution in [3.63, 3.8) is 0 Å². The maximum Gasteiger partial charge on any atom is 0.231 e. The van der Waals surface area contributed by atoms with Crippen molar-refractivity contribution < 1.29 is 14.1 Å². The lowest BCUT2D eigenvalue weighted by Crippen LogP contribution is -2.34. The van der Waals surface area contributed by atoms with Gasteiger partial charge in [-0.15, -0.1) is 12.4 Å². The number of aromatic nitrogens is 2. The lowest BCUT2D eigenvalue weighted by Gasteiger charge is -2.17. The first-order valence-corrected chi connectivity index (χ1v) is 7.81. The highest BCUT2D eigenvalue weighted by atomic mass is 35.5. The summed E-state index contributed by atoms with van der Waals surface area (Å²) in [4.78, 5) is 16.0. The van der Waals surface area contributed by atoms with E-state index in [0.717, 1.165) is 31.2 Å². The first kappa shape index (κ1) is 18.4. The Bertz CT molecular complexity index is 724. The molecule has 1 heterocycles. The zero-order valence-electron chi connectivity index (χ0n) is 13.9. The smallest absolute Gasteiger partial charge is 0.231 e. The maximum atomic E-state index is 11.6. The second-order valence-corrected chi connectivity index (χ2v) is 6.13. The van der Waals surface area contributed by atoms with E-state index in [1.165, 1.54) is 6.92 Å². The second-order valence-electron chi connectivity index (χ2n) is 6.13. The summed E-state index contributed by atoms with van der Waals surface area (Å²) in [5.41, 5.74) is 7.36. The molecule has 7 heteroatoms. The molecule has 2 N–H and O–H groups in total. The average molecular weight is 352 g/mol. The van der Waals surface area contributed by atoms with E-state index in [0.29, 0.717) is 29.4 Å². The van der Waals surface area contributed by atoms with Crippen LogP contribution in [0, 0.1) is 0 Å². The normalized spacial score (nSPS) is 15.8. The number of ketones is 1. The summed E-state index contributed by atoms with van der Waals surface area (Å²) < 4.78 is 10.7. The largest absolute Gasteiger partial charge is 0.496 e. The number of rotatable bonds is 5. The molecule has 130 valence electrons. The number of nitrogens with two attached hydrogens (primary N) is 1. The molecule has 1 aliphatic rings. The molecule has 0 unspecified atom stereocenters. The molecule has 0 bridgehead atoms. The van der Waals surface area contributed by atoms with Gasteiger partial charge in [0.15, 0.2) is 11.6 Å². The van der Waals surface area contributed by atoms with Crippen molar-refractivity contribution in [2.45, 2.75) is 44.6 Å². The van der Waals surface area contributed by atoms with Gasteiger partial charge in [-0.3, -0.25) is 4.79 Å². The Labute approximate surface area is 147 Å². The van der Waals surface area contributed by atoms with E-state index in [-0.39, 0.29) is 18.2 Å². The molecule has 0 spiro atoms. The molecule has 1 saturated carbocycles. The Kier molecular flexibility index (Phi) is 5.62. The van der Waals surface area contributed by atoms with Gasteiger partial charge in [-0.2, -0.15) is 4.98 Å². The van der Waals surface area contributed by atoms with Crippen LogP contribution in [0.1, 0.15) is 60.2 Å².